The highest BCUT2D eigenvalue weighted by Crippen LogP contribution is 2.36. The topological polar surface area (TPSA) is 78.5 Å². The molecule has 2 amide bonds. The maximum atomic E-state index is 13.8. The molecule has 0 unspecified atom stereocenters. The van der Waals surface area contributed by atoms with Gasteiger partial charge in [-0.2, -0.15) is 0 Å². The van der Waals surface area contributed by atoms with E-state index in [4.69, 9.17) is 0 Å². The summed E-state index contributed by atoms with van der Waals surface area (Å²) < 4.78 is 0. The monoisotopic (exact) mass is 471 g/mol. The van der Waals surface area contributed by atoms with Gasteiger partial charge in [0.15, 0.2) is 5.78 Å². The Hall–Kier alpha value is -3.51. The van der Waals surface area contributed by atoms with Crippen molar-refractivity contribution in [2.45, 2.75) is 51.9 Å². The molecule has 0 fully saturated rings. The van der Waals surface area contributed by atoms with Crippen LogP contribution in [0.4, 0.5) is 0 Å². The molecule has 0 aromatic heterocycles. The third-order valence-electron chi connectivity index (χ3n) is 6.89. The molecule has 0 radical (unpaired) electrons. The van der Waals surface area contributed by atoms with Crippen molar-refractivity contribution in [3.63, 3.8) is 0 Å². The molecule has 3 aromatic rings. The largest absolute Gasteiger partial charge is 0.343 e. The zero-order valence-electron chi connectivity index (χ0n) is 20.7. The van der Waals surface area contributed by atoms with Crippen LogP contribution in [0.2, 0.25) is 0 Å². The number of fused-ring (bicyclic) bond motifs is 2. The van der Waals surface area contributed by atoms with E-state index in [0.29, 0.717) is 6.54 Å². The zero-order valence-corrected chi connectivity index (χ0v) is 20.7. The Morgan fingerprint density at radius 3 is 2.37 bits per heavy atom. The molecule has 182 valence electrons. The first-order valence-corrected chi connectivity index (χ1v) is 12.2. The van der Waals surface area contributed by atoms with Gasteiger partial charge in [0.05, 0.1) is 6.04 Å². The number of ketones is 1. The molecule has 0 bridgehead atoms. The summed E-state index contributed by atoms with van der Waals surface area (Å²) in [7, 11) is 1.70. The first kappa shape index (κ1) is 24.6. The maximum Gasteiger partial charge on any atom is 0.246 e. The lowest BCUT2D eigenvalue weighted by atomic mass is 9.94. The molecule has 0 spiro atoms. The highest BCUT2D eigenvalue weighted by Gasteiger charge is 2.41. The molecule has 1 aliphatic heterocycles. The van der Waals surface area contributed by atoms with E-state index >= 15 is 0 Å². The number of carbonyl (C=O) groups excluding carboxylic acids is 3. The van der Waals surface area contributed by atoms with Crippen LogP contribution in [0.5, 0.6) is 0 Å². The second-order valence-electron chi connectivity index (χ2n) is 9.59. The summed E-state index contributed by atoms with van der Waals surface area (Å²) in [6.45, 7) is 5.91. The number of benzene rings is 3. The second-order valence-corrected chi connectivity index (χ2v) is 9.59. The number of rotatable bonds is 8. The van der Waals surface area contributed by atoms with Crippen molar-refractivity contribution in [1.82, 2.24) is 15.5 Å². The highest BCUT2D eigenvalue weighted by molar-refractivity contribution is 5.98. The molecule has 35 heavy (non-hydrogen) atoms. The summed E-state index contributed by atoms with van der Waals surface area (Å²) in [5.74, 6) is -0.635. The Bertz CT molecular complexity index is 1250. The molecule has 0 saturated carbocycles. The number of likely N-dealkylation sites (N-methyl/N-ethyl adjacent to an activating group) is 1. The van der Waals surface area contributed by atoms with Gasteiger partial charge in [-0.05, 0) is 47.4 Å². The molecule has 1 aliphatic rings. The lowest BCUT2D eigenvalue weighted by molar-refractivity contribution is -0.143. The molecule has 6 nitrogen and oxygen atoms in total. The summed E-state index contributed by atoms with van der Waals surface area (Å²) in [5.41, 5.74) is 2.78. The summed E-state index contributed by atoms with van der Waals surface area (Å²) >= 11 is 0. The van der Waals surface area contributed by atoms with Gasteiger partial charge in [-0.25, -0.2) is 0 Å². The average molecular weight is 472 g/mol. The van der Waals surface area contributed by atoms with Crippen LogP contribution in [0.3, 0.4) is 0 Å². The van der Waals surface area contributed by atoms with E-state index in [1.807, 2.05) is 80.6 Å². The van der Waals surface area contributed by atoms with Crippen LogP contribution in [0.15, 0.2) is 66.7 Å². The van der Waals surface area contributed by atoms with Crippen LogP contribution in [0.1, 0.15) is 43.5 Å². The SMILES string of the molecule is CN[C@@H](C)C(=O)N[C@H](C(=O)N1Cc2ccccc2[C@H]1C(=O)Cc1cccc2ccccc12)C(C)C. The van der Waals surface area contributed by atoms with E-state index in [1.165, 1.54) is 0 Å². The van der Waals surface area contributed by atoms with E-state index in [-0.39, 0.29) is 29.9 Å². The molecular weight excluding hydrogens is 438 g/mol. The Labute approximate surface area is 206 Å². The van der Waals surface area contributed by atoms with Gasteiger partial charge >= 0.3 is 0 Å². The van der Waals surface area contributed by atoms with E-state index in [2.05, 4.69) is 10.6 Å². The van der Waals surface area contributed by atoms with Crippen molar-refractivity contribution >= 4 is 28.4 Å². The van der Waals surface area contributed by atoms with Gasteiger partial charge in [0.1, 0.15) is 12.1 Å². The average Bonchev–Trinajstić information content (AvgIpc) is 3.26. The number of nitrogens with zero attached hydrogens (tertiary/aromatic N) is 1. The van der Waals surface area contributed by atoms with E-state index < -0.39 is 18.1 Å². The Morgan fingerprint density at radius 1 is 0.943 bits per heavy atom. The molecule has 4 rings (SSSR count). The fraction of sp³-hybridized carbons (Fsp3) is 0.345. The van der Waals surface area contributed by atoms with E-state index in [9.17, 15) is 14.4 Å². The summed E-state index contributed by atoms with van der Waals surface area (Å²) in [6, 6.07) is 19.9. The van der Waals surface area contributed by atoms with Crippen molar-refractivity contribution in [3.05, 3.63) is 83.4 Å². The molecule has 3 atom stereocenters. The summed E-state index contributed by atoms with van der Waals surface area (Å²) in [5, 5.41) is 7.93. The molecule has 2 N–H and O–H groups in total. The number of nitrogens with one attached hydrogen (secondary N) is 2. The smallest absolute Gasteiger partial charge is 0.246 e. The first-order valence-electron chi connectivity index (χ1n) is 12.2. The van der Waals surface area contributed by atoms with Gasteiger partial charge in [0.25, 0.3) is 0 Å². The predicted octanol–water partition coefficient (Wildman–Crippen LogP) is 3.78. The van der Waals surface area contributed by atoms with Crippen LogP contribution < -0.4 is 10.6 Å². The predicted molar refractivity (Wildman–Crippen MR) is 138 cm³/mol. The van der Waals surface area contributed by atoms with E-state index in [0.717, 1.165) is 27.5 Å². The number of amides is 2. The molecular formula is C29H33N3O3. The molecule has 6 heteroatoms. The van der Waals surface area contributed by atoms with Crippen LogP contribution in [0, 0.1) is 5.92 Å². The summed E-state index contributed by atoms with van der Waals surface area (Å²) in [6.07, 6.45) is 0.222. The molecule has 1 heterocycles. The van der Waals surface area contributed by atoms with Crippen molar-refractivity contribution in [3.8, 4) is 0 Å². The lowest BCUT2D eigenvalue weighted by Crippen LogP contribution is -2.54. The van der Waals surface area contributed by atoms with Crippen LogP contribution in [-0.4, -0.2) is 41.6 Å². The third-order valence-corrected chi connectivity index (χ3v) is 6.89. The van der Waals surface area contributed by atoms with Gasteiger partial charge in [-0.3, -0.25) is 14.4 Å². The number of hydrogen-bond acceptors (Lipinski definition) is 4. The molecule has 0 saturated heterocycles. The van der Waals surface area contributed by atoms with Crippen LogP contribution >= 0.6 is 0 Å². The summed E-state index contributed by atoms with van der Waals surface area (Å²) in [4.78, 5) is 41.9. The zero-order chi connectivity index (χ0) is 25.1. The molecule has 3 aromatic carbocycles. The first-order chi connectivity index (χ1) is 16.8. The van der Waals surface area contributed by atoms with Crippen molar-refractivity contribution < 1.29 is 14.4 Å². The number of carbonyl (C=O) groups is 3. The van der Waals surface area contributed by atoms with Gasteiger partial charge < -0.3 is 15.5 Å². The lowest BCUT2D eigenvalue weighted by Gasteiger charge is -2.31. The minimum atomic E-state index is -0.722. The fourth-order valence-electron chi connectivity index (χ4n) is 4.77. The van der Waals surface area contributed by atoms with Crippen LogP contribution in [-0.2, 0) is 27.3 Å². The Balaban J connectivity index is 1.65. The Kier molecular flexibility index (Phi) is 7.31. The second kappa shape index (κ2) is 10.4. The Morgan fingerprint density at radius 2 is 1.63 bits per heavy atom. The maximum absolute atomic E-state index is 13.8. The quantitative estimate of drug-likeness (QED) is 0.524. The van der Waals surface area contributed by atoms with Crippen LogP contribution in [0.25, 0.3) is 10.8 Å². The molecule has 0 aliphatic carbocycles. The standard InChI is InChI=1S/C29H33N3O3/c1-18(2)26(31-28(34)19(3)30-4)29(35)32-17-22-11-6-8-15-24(22)27(32)25(33)16-21-13-9-12-20-10-5-7-14-23(20)21/h5-15,18-19,26-27,30H,16-17H2,1-4H3,(H,31,34)/t19-,26-,27-/m0/s1. The minimum absolute atomic E-state index is 0.0305. The minimum Gasteiger partial charge on any atom is -0.343 e. The van der Waals surface area contributed by atoms with Gasteiger partial charge in [-0.1, -0.05) is 80.6 Å². The van der Waals surface area contributed by atoms with Crippen molar-refractivity contribution in [1.29, 1.82) is 0 Å². The normalized spacial score (nSPS) is 16.7. The van der Waals surface area contributed by atoms with Gasteiger partial charge in [0.2, 0.25) is 11.8 Å². The van der Waals surface area contributed by atoms with E-state index in [1.54, 1.807) is 18.9 Å². The third kappa shape index (κ3) is 4.98. The van der Waals surface area contributed by atoms with Crippen molar-refractivity contribution in [2.75, 3.05) is 7.05 Å². The van der Waals surface area contributed by atoms with Gasteiger partial charge in [-0.15, -0.1) is 0 Å². The highest BCUT2D eigenvalue weighted by atomic mass is 16.2. The number of hydrogen-bond donors (Lipinski definition) is 2. The number of Topliss-reactive ketones (excluding diaryl/α,β-unsaturated/α-hetero) is 1. The van der Waals surface area contributed by atoms with Crippen molar-refractivity contribution in [2.24, 2.45) is 5.92 Å². The fourth-order valence-corrected chi connectivity index (χ4v) is 4.77. The van der Waals surface area contributed by atoms with Gasteiger partial charge in [0, 0.05) is 13.0 Å².